The number of amides is 2. The SMILES string of the molecule is Cc1ccc(NC(=O)C2CC3(CN2)C(=O)N(CC(C)(C)C)c2ccccc23)cc1. The highest BCUT2D eigenvalue weighted by molar-refractivity contribution is 6.09. The smallest absolute Gasteiger partial charge is 0.241 e. The fraction of sp³-hybridized carbons (Fsp3) is 0.417. The summed E-state index contributed by atoms with van der Waals surface area (Å²) in [5.74, 6) is 0.0111. The van der Waals surface area contributed by atoms with Gasteiger partial charge in [-0.05, 0) is 42.5 Å². The number of rotatable bonds is 3. The minimum atomic E-state index is -0.670. The Morgan fingerprint density at radius 1 is 1.17 bits per heavy atom. The molecule has 0 radical (unpaired) electrons. The number of nitrogens with zero attached hydrogens (tertiary/aromatic N) is 1. The number of anilines is 2. The Balaban J connectivity index is 1.58. The van der Waals surface area contributed by atoms with Crippen molar-refractivity contribution in [3.63, 3.8) is 0 Å². The Hall–Kier alpha value is -2.66. The topological polar surface area (TPSA) is 61.4 Å². The first kappa shape index (κ1) is 19.6. The van der Waals surface area contributed by atoms with Gasteiger partial charge in [0.1, 0.15) is 0 Å². The fourth-order valence-corrected chi connectivity index (χ4v) is 4.44. The third kappa shape index (κ3) is 3.55. The second kappa shape index (κ2) is 6.99. The van der Waals surface area contributed by atoms with Crippen LogP contribution in [0.4, 0.5) is 11.4 Å². The van der Waals surface area contributed by atoms with Crippen LogP contribution in [0.2, 0.25) is 0 Å². The molecular formula is C24H29N3O2. The zero-order valence-corrected chi connectivity index (χ0v) is 17.6. The molecule has 2 amide bonds. The Kier molecular flexibility index (Phi) is 4.74. The third-order valence-electron chi connectivity index (χ3n) is 5.84. The highest BCUT2D eigenvalue weighted by Crippen LogP contribution is 2.47. The van der Waals surface area contributed by atoms with E-state index in [2.05, 4.69) is 31.4 Å². The van der Waals surface area contributed by atoms with Gasteiger partial charge < -0.3 is 15.5 Å². The predicted octanol–water partition coefficient (Wildman–Crippen LogP) is 3.63. The maximum Gasteiger partial charge on any atom is 0.241 e. The maximum atomic E-state index is 13.6. The van der Waals surface area contributed by atoms with Crippen LogP contribution in [0.3, 0.4) is 0 Å². The van der Waals surface area contributed by atoms with Gasteiger partial charge in [0, 0.05) is 24.5 Å². The summed E-state index contributed by atoms with van der Waals surface area (Å²) in [5.41, 5.74) is 3.25. The summed E-state index contributed by atoms with van der Waals surface area (Å²) in [6, 6.07) is 15.4. The van der Waals surface area contributed by atoms with Crippen molar-refractivity contribution >= 4 is 23.2 Å². The second-order valence-corrected chi connectivity index (χ2v) is 9.54. The Morgan fingerprint density at radius 3 is 2.55 bits per heavy atom. The molecule has 4 rings (SSSR count). The van der Waals surface area contributed by atoms with Crippen LogP contribution in [0.1, 0.15) is 38.3 Å². The van der Waals surface area contributed by atoms with Crippen LogP contribution in [0, 0.1) is 12.3 Å². The number of hydrogen-bond acceptors (Lipinski definition) is 3. The molecule has 1 saturated heterocycles. The van der Waals surface area contributed by atoms with E-state index in [1.165, 1.54) is 0 Å². The van der Waals surface area contributed by atoms with Crippen molar-refractivity contribution in [1.82, 2.24) is 5.32 Å². The minimum absolute atomic E-state index is 0.0114. The Bertz CT molecular complexity index is 945. The highest BCUT2D eigenvalue weighted by Gasteiger charge is 2.56. The molecule has 2 aliphatic heterocycles. The molecule has 2 N–H and O–H groups in total. The summed E-state index contributed by atoms with van der Waals surface area (Å²) in [5, 5.41) is 6.30. The van der Waals surface area contributed by atoms with Gasteiger partial charge in [-0.2, -0.15) is 0 Å². The van der Waals surface area contributed by atoms with Crippen LogP contribution in [0.15, 0.2) is 48.5 Å². The van der Waals surface area contributed by atoms with Crippen molar-refractivity contribution in [2.24, 2.45) is 5.41 Å². The van der Waals surface area contributed by atoms with Gasteiger partial charge in [-0.3, -0.25) is 9.59 Å². The monoisotopic (exact) mass is 391 g/mol. The largest absolute Gasteiger partial charge is 0.325 e. The number of benzene rings is 2. The number of carbonyl (C=O) groups excluding carboxylic acids is 2. The standard InChI is InChI=1S/C24H29N3O2/c1-16-9-11-17(12-10-16)26-21(28)19-13-24(14-25-19)18-7-5-6-8-20(18)27(22(24)29)15-23(2,3)4/h5-12,19,25H,13-15H2,1-4H3,(H,26,28). The lowest BCUT2D eigenvalue weighted by Gasteiger charge is -2.29. The van der Waals surface area contributed by atoms with E-state index in [1.807, 2.05) is 60.4 Å². The summed E-state index contributed by atoms with van der Waals surface area (Å²) in [6.07, 6.45) is 0.473. The van der Waals surface area contributed by atoms with Crippen LogP contribution in [0.25, 0.3) is 0 Å². The molecule has 0 aliphatic carbocycles. The molecule has 0 bridgehead atoms. The molecule has 2 atom stereocenters. The number of aryl methyl sites for hydroxylation is 1. The van der Waals surface area contributed by atoms with Gasteiger partial charge in [0.05, 0.1) is 11.5 Å². The second-order valence-electron chi connectivity index (χ2n) is 9.54. The van der Waals surface area contributed by atoms with Crippen molar-refractivity contribution in [1.29, 1.82) is 0 Å². The van der Waals surface area contributed by atoms with Crippen LogP contribution in [-0.2, 0) is 15.0 Å². The molecule has 2 unspecified atom stereocenters. The summed E-state index contributed by atoms with van der Waals surface area (Å²) < 4.78 is 0. The molecule has 2 aliphatic rings. The lowest BCUT2D eigenvalue weighted by molar-refractivity contribution is -0.123. The number of para-hydroxylation sites is 1. The van der Waals surface area contributed by atoms with Crippen molar-refractivity contribution in [3.05, 3.63) is 59.7 Å². The van der Waals surface area contributed by atoms with Gasteiger partial charge in [-0.1, -0.05) is 56.7 Å². The van der Waals surface area contributed by atoms with Crippen LogP contribution >= 0.6 is 0 Å². The molecule has 2 aromatic rings. The van der Waals surface area contributed by atoms with Crippen LogP contribution in [-0.4, -0.2) is 30.9 Å². The summed E-state index contributed by atoms with van der Waals surface area (Å²) in [6.45, 7) is 9.57. The van der Waals surface area contributed by atoms with E-state index < -0.39 is 11.5 Å². The molecule has 0 saturated carbocycles. The molecule has 2 aromatic carbocycles. The molecule has 1 spiro atoms. The van der Waals surface area contributed by atoms with E-state index in [4.69, 9.17) is 0 Å². The van der Waals surface area contributed by atoms with Gasteiger partial charge in [0.25, 0.3) is 0 Å². The van der Waals surface area contributed by atoms with Crippen LogP contribution in [0.5, 0.6) is 0 Å². The first-order valence-corrected chi connectivity index (χ1v) is 10.2. The number of fused-ring (bicyclic) bond motifs is 2. The van der Waals surface area contributed by atoms with Crippen molar-refractivity contribution in [2.45, 2.75) is 45.6 Å². The van der Waals surface area contributed by atoms with E-state index in [0.29, 0.717) is 19.5 Å². The fourth-order valence-electron chi connectivity index (χ4n) is 4.44. The first-order valence-electron chi connectivity index (χ1n) is 10.2. The van der Waals surface area contributed by atoms with Crippen LogP contribution < -0.4 is 15.5 Å². The number of nitrogens with one attached hydrogen (secondary N) is 2. The van der Waals surface area contributed by atoms with Gasteiger partial charge in [0.2, 0.25) is 11.8 Å². The van der Waals surface area contributed by atoms with Gasteiger partial charge >= 0.3 is 0 Å². The molecule has 5 nitrogen and oxygen atoms in total. The molecule has 1 fully saturated rings. The van der Waals surface area contributed by atoms with E-state index >= 15 is 0 Å². The van der Waals surface area contributed by atoms with E-state index in [-0.39, 0.29) is 17.2 Å². The maximum absolute atomic E-state index is 13.6. The van der Waals surface area contributed by atoms with E-state index in [1.54, 1.807) is 0 Å². The normalized spacial score (nSPS) is 23.5. The zero-order chi connectivity index (χ0) is 20.8. The number of hydrogen-bond donors (Lipinski definition) is 2. The highest BCUT2D eigenvalue weighted by atomic mass is 16.2. The molecule has 152 valence electrons. The Labute approximate surface area is 172 Å². The quantitative estimate of drug-likeness (QED) is 0.840. The van der Waals surface area contributed by atoms with Gasteiger partial charge in [-0.15, -0.1) is 0 Å². The lowest BCUT2D eigenvalue weighted by Crippen LogP contribution is -2.44. The minimum Gasteiger partial charge on any atom is -0.325 e. The average Bonchev–Trinajstić information content (AvgIpc) is 3.21. The Morgan fingerprint density at radius 2 is 1.86 bits per heavy atom. The summed E-state index contributed by atoms with van der Waals surface area (Å²) in [7, 11) is 0. The van der Waals surface area contributed by atoms with Gasteiger partial charge in [-0.25, -0.2) is 0 Å². The molecular weight excluding hydrogens is 362 g/mol. The van der Waals surface area contributed by atoms with E-state index in [0.717, 1.165) is 22.5 Å². The number of carbonyl (C=O) groups is 2. The lowest BCUT2D eigenvalue weighted by atomic mass is 9.79. The molecule has 2 heterocycles. The van der Waals surface area contributed by atoms with Crippen molar-refractivity contribution in [2.75, 3.05) is 23.3 Å². The third-order valence-corrected chi connectivity index (χ3v) is 5.84. The van der Waals surface area contributed by atoms with Crippen molar-refractivity contribution in [3.8, 4) is 0 Å². The average molecular weight is 392 g/mol. The molecule has 5 heteroatoms. The van der Waals surface area contributed by atoms with E-state index in [9.17, 15) is 9.59 Å². The molecule has 29 heavy (non-hydrogen) atoms. The van der Waals surface area contributed by atoms with Crippen molar-refractivity contribution < 1.29 is 9.59 Å². The summed E-state index contributed by atoms with van der Waals surface area (Å²) in [4.78, 5) is 28.4. The molecule has 0 aromatic heterocycles. The first-order chi connectivity index (χ1) is 13.7. The zero-order valence-electron chi connectivity index (χ0n) is 17.6. The summed E-state index contributed by atoms with van der Waals surface area (Å²) >= 11 is 0. The van der Waals surface area contributed by atoms with Gasteiger partial charge in [0.15, 0.2) is 0 Å². The predicted molar refractivity (Wildman–Crippen MR) is 116 cm³/mol.